The molecule has 4 atom stereocenters. The lowest BCUT2D eigenvalue weighted by atomic mass is 9.93. The molecule has 3 heterocycles. The number of fused-ring (bicyclic) bond motifs is 1. The molecular formula is C33H40N6O4S2. The first kappa shape index (κ1) is 30.5. The molecule has 1 unspecified atom stereocenters. The highest BCUT2D eigenvalue weighted by atomic mass is 32.2. The fourth-order valence-corrected chi connectivity index (χ4v) is 8.85. The first-order valence-electron chi connectivity index (χ1n) is 15.8. The molecule has 0 amide bonds. The van der Waals surface area contributed by atoms with Crippen molar-refractivity contribution in [3.05, 3.63) is 59.5 Å². The topological polar surface area (TPSA) is 139 Å². The van der Waals surface area contributed by atoms with Crippen molar-refractivity contribution in [2.24, 2.45) is 5.92 Å². The number of aromatic nitrogens is 4. The maximum atomic E-state index is 12.5. The van der Waals surface area contributed by atoms with Crippen molar-refractivity contribution in [1.82, 2.24) is 19.9 Å². The quantitative estimate of drug-likeness (QED) is 0.192. The van der Waals surface area contributed by atoms with Gasteiger partial charge in [0.1, 0.15) is 31.8 Å². The second-order valence-electron chi connectivity index (χ2n) is 13.2. The first-order chi connectivity index (χ1) is 21.5. The molecule has 45 heavy (non-hydrogen) atoms. The predicted molar refractivity (Wildman–Crippen MR) is 177 cm³/mol. The number of aryl methyl sites for hydroxylation is 1. The Balaban J connectivity index is 1.25. The molecule has 0 aliphatic heterocycles. The second kappa shape index (κ2) is 11.9. The van der Waals surface area contributed by atoms with Gasteiger partial charge < -0.3 is 20.5 Å². The molecule has 0 radical (unpaired) electrons. The summed E-state index contributed by atoms with van der Waals surface area (Å²) in [5.74, 6) is 1.06. The summed E-state index contributed by atoms with van der Waals surface area (Å²) in [5, 5.41) is 19.9. The molecule has 0 saturated heterocycles. The van der Waals surface area contributed by atoms with Crippen LogP contribution in [0.2, 0.25) is 0 Å². The number of nitrogens with one attached hydrogen (secondary N) is 2. The zero-order chi connectivity index (χ0) is 31.3. The number of benzene rings is 1. The average molecular weight is 649 g/mol. The summed E-state index contributed by atoms with van der Waals surface area (Å²) in [5.41, 5.74) is 3.10. The van der Waals surface area contributed by atoms with E-state index in [9.17, 15) is 13.5 Å². The van der Waals surface area contributed by atoms with Crippen LogP contribution in [0.3, 0.4) is 0 Å². The van der Waals surface area contributed by atoms with Gasteiger partial charge in [-0.1, -0.05) is 30.3 Å². The number of ether oxygens (including phenoxy) is 1. The van der Waals surface area contributed by atoms with Gasteiger partial charge in [-0.25, -0.2) is 18.4 Å². The van der Waals surface area contributed by atoms with E-state index < -0.39 is 33.5 Å². The lowest BCUT2D eigenvalue weighted by Crippen LogP contribution is -2.49. The van der Waals surface area contributed by atoms with E-state index in [1.54, 1.807) is 18.3 Å². The van der Waals surface area contributed by atoms with Crippen molar-refractivity contribution >= 4 is 43.2 Å². The van der Waals surface area contributed by atoms with E-state index in [0.717, 1.165) is 63.4 Å². The third-order valence-corrected chi connectivity index (χ3v) is 11.5. The van der Waals surface area contributed by atoms with Gasteiger partial charge in [0.2, 0.25) is 5.95 Å². The second-order valence-corrected chi connectivity index (χ2v) is 16.4. The van der Waals surface area contributed by atoms with Crippen LogP contribution in [0, 0.1) is 12.8 Å². The largest absolute Gasteiger partial charge is 0.385 e. The minimum absolute atomic E-state index is 0.0836. The molecule has 0 spiro atoms. The summed E-state index contributed by atoms with van der Waals surface area (Å²) in [4.78, 5) is 19.6. The Labute approximate surface area is 268 Å². The molecule has 12 heteroatoms. The van der Waals surface area contributed by atoms with Gasteiger partial charge in [-0.2, -0.15) is 4.98 Å². The number of thiazole rings is 1. The van der Waals surface area contributed by atoms with Gasteiger partial charge in [-0.05, 0) is 64.0 Å². The molecule has 3 saturated carbocycles. The number of sulfone groups is 1. The number of nitrogens with zero attached hydrogens (tertiary/aromatic N) is 4. The minimum Gasteiger partial charge on any atom is -0.385 e. The summed E-state index contributed by atoms with van der Waals surface area (Å²) in [6.07, 6.45) is 8.38. The van der Waals surface area contributed by atoms with Gasteiger partial charge >= 0.3 is 0 Å². The predicted octanol–water partition coefficient (Wildman–Crippen LogP) is 5.48. The van der Waals surface area contributed by atoms with Gasteiger partial charge in [0.05, 0.1) is 46.2 Å². The lowest BCUT2D eigenvalue weighted by Gasteiger charge is -2.33. The smallest absolute Gasteiger partial charge is 0.225 e. The number of pyridine rings is 1. The summed E-state index contributed by atoms with van der Waals surface area (Å²) in [7, 11) is -3.33. The molecule has 3 aliphatic carbocycles. The molecule has 0 bridgehead atoms. The number of rotatable bonds is 11. The highest BCUT2D eigenvalue weighted by Crippen LogP contribution is 2.46. The van der Waals surface area contributed by atoms with Crippen LogP contribution >= 0.6 is 11.3 Å². The molecule has 7 rings (SSSR count). The maximum Gasteiger partial charge on any atom is 0.225 e. The van der Waals surface area contributed by atoms with Crippen LogP contribution < -0.4 is 10.6 Å². The van der Waals surface area contributed by atoms with Crippen molar-refractivity contribution in [3.8, 4) is 10.6 Å². The van der Waals surface area contributed by atoms with Crippen LogP contribution in [0.25, 0.3) is 20.8 Å². The molecule has 3 N–H and O–H groups in total. The SMILES string of the molecule is Cc1nc(NC2CCC2)nc(NC2C[C@H](CS(C)(=O)=O)[C@@H](OCc3ccccc3)[C@@]2(C)O)c1-c1nc2c(C3CC3)nccc2s1. The van der Waals surface area contributed by atoms with E-state index in [0.29, 0.717) is 30.1 Å². The molecular weight excluding hydrogens is 609 g/mol. The summed E-state index contributed by atoms with van der Waals surface area (Å²) < 4.78 is 32.4. The molecule has 238 valence electrons. The van der Waals surface area contributed by atoms with Crippen LogP contribution in [-0.4, -0.2) is 69.3 Å². The van der Waals surface area contributed by atoms with E-state index in [1.165, 1.54) is 12.7 Å². The Kier molecular flexibility index (Phi) is 8.04. The molecule has 3 aromatic heterocycles. The van der Waals surface area contributed by atoms with Crippen molar-refractivity contribution in [2.75, 3.05) is 22.6 Å². The van der Waals surface area contributed by atoms with E-state index >= 15 is 0 Å². The number of hydrogen-bond donors (Lipinski definition) is 3. The van der Waals surface area contributed by atoms with Crippen LogP contribution in [0.1, 0.15) is 68.3 Å². The third kappa shape index (κ3) is 6.43. The summed E-state index contributed by atoms with van der Waals surface area (Å²) >= 11 is 1.59. The number of hydrogen-bond acceptors (Lipinski definition) is 11. The number of anilines is 2. The summed E-state index contributed by atoms with van der Waals surface area (Å²) in [6, 6.07) is 11.5. The highest BCUT2D eigenvalue weighted by Gasteiger charge is 2.53. The maximum absolute atomic E-state index is 12.5. The van der Waals surface area contributed by atoms with Crippen molar-refractivity contribution in [3.63, 3.8) is 0 Å². The molecule has 4 aromatic rings. The lowest BCUT2D eigenvalue weighted by molar-refractivity contribution is -0.102. The van der Waals surface area contributed by atoms with Crippen LogP contribution in [0.4, 0.5) is 11.8 Å². The Morgan fingerprint density at radius 2 is 1.84 bits per heavy atom. The first-order valence-corrected chi connectivity index (χ1v) is 18.7. The summed E-state index contributed by atoms with van der Waals surface area (Å²) in [6.45, 7) is 3.96. The molecule has 10 nitrogen and oxygen atoms in total. The van der Waals surface area contributed by atoms with Crippen molar-refractivity contribution in [2.45, 2.75) is 88.7 Å². The van der Waals surface area contributed by atoms with E-state index in [-0.39, 0.29) is 12.4 Å². The molecule has 3 aliphatic rings. The monoisotopic (exact) mass is 648 g/mol. The van der Waals surface area contributed by atoms with Gasteiger partial charge in [0, 0.05) is 30.3 Å². The fraction of sp³-hybridized carbons (Fsp3) is 0.515. The zero-order valence-corrected chi connectivity index (χ0v) is 27.5. The molecule has 3 fully saturated rings. The van der Waals surface area contributed by atoms with Gasteiger partial charge in [0.15, 0.2) is 0 Å². The van der Waals surface area contributed by atoms with Crippen LogP contribution in [-0.2, 0) is 21.2 Å². The van der Waals surface area contributed by atoms with Gasteiger partial charge in [-0.3, -0.25) is 4.98 Å². The van der Waals surface area contributed by atoms with E-state index in [4.69, 9.17) is 19.7 Å². The van der Waals surface area contributed by atoms with Crippen LogP contribution in [0.5, 0.6) is 0 Å². The molecule has 1 aromatic carbocycles. The Hall–Kier alpha value is -3.19. The number of aliphatic hydroxyl groups is 1. The normalized spacial score (nSPS) is 25.4. The van der Waals surface area contributed by atoms with Gasteiger partial charge in [0.25, 0.3) is 0 Å². The van der Waals surface area contributed by atoms with Crippen LogP contribution in [0.15, 0.2) is 42.6 Å². The zero-order valence-electron chi connectivity index (χ0n) is 25.9. The van der Waals surface area contributed by atoms with E-state index in [1.807, 2.05) is 49.5 Å². The Morgan fingerprint density at radius 1 is 1.07 bits per heavy atom. The standard InChI is InChI=1S/C33H40N6O4S2/c1-19-26(31-38-28-24(44-31)14-15-34-27(28)21-12-13-21)30(39-32(35-19)36-23-10-7-11-23)37-25-16-22(18-45(3,41)42)29(33(25,2)40)43-17-20-8-5-4-6-9-20/h4-6,8-9,14-15,21-23,25,29,40H,7,10-13,16-18H2,1-3H3,(H2,35,36,37,39)/t22-,25?,29-,33+/m1/s1. The average Bonchev–Trinajstić information content (AvgIpc) is 3.67. The van der Waals surface area contributed by atoms with Crippen molar-refractivity contribution < 1.29 is 18.3 Å². The van der Waals surface area contributed by atoms with E-state index in [2.05, 4.69) is 15.6 Å². The highest BCUT2D eigenvalue weighted by molar-refractivity contribution is 7.90. The fourth-order valence-electron chi connectivity index (χ4n) is 6.69. The minimum atomic E-state index is -3.33. The Bertz CT molecular complexity index is 1800. The Morgan fingerprint density at radius 3 is 2.53 bits per heavy atom. The van der Waals surface area contributed by atoms with Gasteiger partial charge in [-0.15, -0.1) is 11.3 Å². The third-order valence-electron chi connectivity index (χ3n) is 9.39. The van der Waals surface area contributed by atoms with Crippen molar-refractivity contribution in [1.29, 1.82) is 0 Å².